The monoisotopic (exact) mass is 489 g/mol. The first-order chi connectivity index (χ1) is 16.7. The molecule has 2 heterocycles. The van der Waals surface area contributed by atoms with E-state index >= 15 is 0 Å². The zero-order valence-electron chi connectivity index (χ0n) is 21.6. The van der Waals surface area contributed by atoms with Crippen LogP contribution in [0.2, 0.25) is 0 Å². The van der Waals surface area contributed by atoms with Gasteiger partial charge in [-0.25, -0.2) is 4.99 Å². The Morgan fingerprint density at radius 3 is 2.54 bits per heavy atom. The molecule has 2 aromatic rings. The average Bonchev–Trinajstić information content (AvgIpc) is 3.10. The van der Waals surface area contributed by atoms with Crippen molar-refractivity contribution in [1.82, 2.24) is 4.90 Å². The summed E-state index contributed by atoms with van der Waals surface area (Å²) in [4.78, 5) is 23.0. The summed E-state index contributed by atoms with van der Waals surface area (Å²) in [6, 6.07) is 14.3. The molecular formula is C29H35N3O2S. The van der Waals surface area contributed by atoms with Crippen LogP contribution in [0.3, 0.4) is 0 Å². The van der Waals surface area contributed by atoms with Gasteiger partial charge in [0, 0.05) is 24.9 Å². The number of carbonyl (C=O) groups is 1. The second-order valence-electron chi connectivity index (χ2n) is 9.65. The molecule has 2 aliphatic heterocycles. The summed E-state index contributed by atoms with van der Waals surface area (Å²) < 4.78 is 5.26. The van der Waals surface area contributed by atoms with Crippen LogP contribution in [0, 0.1) is 6.92 Å². The summed E-state index contributed by atoms with van der Waals surface area (Å²) in [5, 5.41) is 0.687. The third kappa shape index (κ3) is 5.24. The molecule has 4 rings (SSSR count). The number of rotatable bonds is 7. The predicted molar refractivity (Wildman–Crippen MR) is 149 cm³/mol. The molecule has 0 spiro atoms. The quantitative estimate of drug-likeness (QED) is 0.408. The highest BCUT2D eigenvalue weighted by atomic mass is 32.2. The standard InChI is InChI=1S/C29H35N3O2S/c1-7-13-32-25-16-20(2)22(17-24(25)21(3)19-29(32,4)5)18-26-27(33)31(14-15-34-6)28(35-26)30-23-11-9-8-10-12-23/h8-12,16-19H,7,13-15H2,1-6H3/b26-18+,30-28?. The Labute approximate surface area is 213 Å². The lowest BCUT2D eigenvalue weighted by molar-refractivity contribution is -0.122. The molecule has 0 aliphatic carbocycles. The summed E-state index contributed by atoms with van der Waals surface area (Å²) in [7, 11) is 1.65. The van der Waals surface area contributed by atoms with Crippen LogP contribution in [0.4, 0.5) is 11.4 Å². The van der Waals surface area contributed by atoms with Crippen LogP contribution in [0.25, 0.3) is 11.6 Å². The van der Waals surface area contributed by atoms with Crippen molar-refractivity contribution in [3.05, 3.63) is 70.1 Å². The minimum atomic E-state index is -0.0279. The Morgan fingerprint density at radius 1 is 1.11 bits per heavy atom. The number of amides is 1. The maximum Gasteiger partial charge on any atom is 0.266 e. The van der Waals surface area contributed by atoms with Gasteiger partial charge in [0.15, 0.2) is 5.17 Å². The molecule has 1 amide bonds. The molecular weight excluding hydrogens is 454 g/mol. The van der Waals surface area contributed by atoms with Gasteiger partial charge in [-0.2, -0.15) is 0 Å². The Kier molecular flexibility index (Phi) is 7.53. The number of amidine groups is 1. The van der Waals surface area contributed by atoms with E-state index in [9.17, 15) is 4.79 Å². The minimum absolute atomic E-state index is 0.0264. The molecule has 1 fully saturated rings. The number of para-hydroxylation sites is 1. The summed E-state index contributed by atoms with van der Waals surface area (Å²) in [6.45, 7) is 13.0. The van der Waals surface area contributed by atoms with Gasteiger partial charge in [-0.05, 0) is 92.9 Å². The Morgan fingerprint density at radius 2 is 1.86 bits per heavy atom. The Bertz CT molecular complexity index is 1200. The van der Waals surface area contributed by atoms with Crippen molar-refractivity contribution in [2.75, 3.05) is 31.7 Å². The largest absolute Gasteiger partial charge is 0.383 e. The van der Waals surface area contributed by atoms with E-state index in [1.807, 2.05) is 36.4 Å². The van der Waals surface area contributed by atoms with Crippen LogP contribution in [0.1, 0.15) is 50.8 Å². The number of carbonyl (C=O) groups excluding carboxylic acids is 1. The van der Waals surface area contributed by atoms with Crippen LogP contribution in [0.5, 0.6) is 0 Å². The number of anilines is 1. The molecule has 0 unspecified atom stereocenters. The van der Waals surface area contributed by atoms with E-state index in [4.69, 9.17) is 9.73 Å². The zero-order chi connectivity index (χ0) is 25.2. The fourth-order valence-corrected chi connectivity index (χ4v) is 5.77. The number of nitrogens with zero attached hydrogens (tertiary/aromatic N) is 3. The van der Waals surface area contributed by atoms with E-state index in [1.54, 1.807) is 12.0 Å². The molecule has 35 heavy (non-hydrogen) atoms. The minimum Gasteiger partial charge on any atom is -0.383 e. The number of allylic oxidation sites excluding steroid dienone is 1. The van der Waals surface area contributed by atoms with E-state index in [1.165, 1.54) is 28.6 Å². The molecule has 0 N–H and O–H groups in total. The van der Waals surface area contributed by atoms with E-state index < -0.39 is 0 Å². The molecule has 0 atom stereocenters. The summed E-state index contributed by atoms with van der Waals surface area (Å²) >= 11 is 1.43. The number of hydrogen-bond acceptors (Lipinski definition) is 5. The molecule has 184 valence electrons. The normalized spacial score (nSPS) is 19.5. The van der Waals surface area contributed by atoms with Crippen molar-refractivity contribution >= 4 is 45.9 Å². The van der Waals surface area contributed by atoms with Crippen molar-refractivity contribution in [3.8, 4) is 0 Å². The first kappa shape index (κ1) is 25.3. The van der Waals surface area contributed by atoms with Gasteiger partial charge in [-0.15, -0.1) is 0 Å². The molecule has 0 saturated carbocycles. The number of aryl methyl sites for hydroxylation is 1. The van der Waals surface area contributed by atoms with E-state index in [0.717, 1.165) is 29.8 Å². The van der Waals surface area contributed by atoms with Crippen LogP contribution in [0.15, 0.2) is 58.4 Å². The number of benzene rings is 2. The second kappa shape index (κ2) is 10.4. The van der Waals surface area contributed by atoms with Gasteiger partial charge in [-0.1, -0.05) is 31.2 Å². The fourth-order valence-electron chi connectivity index (χ4n) is 4.76. The van der Waals surface area contributed by atoms with Crippen molar-refractivity contribution in [2.45, 2.75) is 46.6 Å². The number of aliphatic imine (C=N–C) groups is 1. The molecule has 0 radical (unpaired) electrons. The molecule has 2 aliphatic rings. The number of methoxy groups -OCH3 is 1. The van der Waals surface area contributed by atoms with Crippen molar-refractivity contribution in [2.24, 2.45) is 4.99 Å². The highest BCUT2D eigenvalue weighted by molar-refractivity contribution is 8.18. The first-order valence-corrected chi connectivity index (χ1v) is 13.0. The SMILES string of the molecule is CCCN1c2cc(C)c(/C=C3/SC(=Nc4ccccc4)N(CCOC)C3=O)cc2C(C)=CC1(C)C. The zero-order valence-corrected chi connectivity index (χ0v) is 22.4. The Hall–Kier alpha value is -2.83. The lowest BCUT2D eigenvalue weighted by Gasteiger charge is -2.43. The molecule has 5 nitrogen and oxygen atoms in total. The second-order valence-corrected chi connectivity index (χ2v) is 10.7. The van der Waals surface area contributed by atoms with E-state index in [0.29, 0.717) is 23.2 Å². The van der Waals surface area contributed by atoms with Crippen LogP contribution >= 0.6 is 11.8 Å². The van der Waals surface area contributed by atoms with Gasteiger partial charge in [0.05, 0.1) is 29.3 Å². The third-order valence-electron chi connectivity index (χ3n) is 6.49. The maximum absolute atomic E-state index is 13.4. The lowest BCUT2D eigenvalue weighted by atomic mass is 9.86. The highest BCUT2D eigenvalue weighted by Gasteiger charge is 2.34. The van der Waals surface area contributed by atoms with Gasteiger partial charge >= 0.3 is 0 Å². The summed E-state index contributed by atoms with van der Waals surface area (Å²) in [5.74, 6) is -0.0279. The van der Waals surface area contributed by atoms with Gasteiger partial charge in [0.1, 0.15) is 0 Å². The lowest BCUT2D eigenvalue weighted by Crippen LogP contribution is -2.45. The van der Waals surface area contributed by atoms with Gasteiger partial charge in [0.2, 0.25) is 0 Å². The van der Waals surface area contributed by atoms with Crippen molar-refractivity contribution < 1.29 is 9.53 Å². The van der Waals surface area contributed by atoms with Gasteiger partial charge in [0.25, 0.3) is 5.91 Å². The fraction of sp³-hybridized carbons (Fsp3) is 0.379. The maximum atomic E-state index is 13.4. The molecule has 1 saturated heterocycles. The molecule has 6 heteroatoms. The average molecular weight is 490 g/mol. The van der Waals surface area contributed by atoms with Crippen LogP contribution in [-0.4, -0.2) is 48.3 Å². The third-order valence-corrected chi connectivity index (χ3v) is 7.49. The number of ether oxygens (including phenoxy) is 1. The van der Waals surface area contributed by atoms with Crippen LogP contribution < -0.4 is 4.90 Å². The molecule has 0 aromatic heterocycles. The molecule has 0 bridgehead atoms. The highest BCUT2D eigenvalue weighted by Crippen LogP contribution is 2.42. The first-order valence-electron chi connectivity index (χ1n) is 12.2. The predicted octanol–water partition coefficient (Wildman–Crippen LogP) is 6.66. The Balaban J connectivity index is 1.73. The van der Waals surface area contributed by atoms with E-state index in [-0.39, 0.29) is 11.4 Å². The van der Waals surface area contributed by atoms with Gasteiger partial charge in [-0.3, -0.25) is 9.69 Å². The number of hydrogen-bond donors (Lipinski definition) is 0. The number of fused-ring (bicyclic) bond motifs is 1. The molecule has 2 aromatic carbocycles. The van der Waals surface area contributed by atoms with Crippen LogP contribution in [-0.2, 0) is 9.53 Å². The van der Waals surface area contributed by atoms with Crippen molar-refractivity contribution in [1.29, 1.82) is 0 Å². The van der Waals surface area contributed by atoms with Gasteiger partial charge < -0.3 is 9.64 Å². The number of thioether (sulfide) groups is 1. The summed E-state index contributed by atoms with van der Waals surface area (Å²) in [6.07, 6.45) is 5.46. The summed E-state index contributed by atoms with van der Waals surface area (Å²) in [5.41, 5.74) is 6.81. The van der Waals surface area contributed by atoms with E-state index in [2.05, 4.69) is 57.7 Å². The smallest absolute Gasteiger partial charge is 0.266 e. The topological polar surface area (TPSA) is 45.1 Å². The van der Waals surface area contributed by atoms with Crippen molar-refractivity contribution in [3.63, 3.8) is 0 Å².